The van der Waals surface area contributed by atoms with E-state index in [-0.39, 0.29) is 0 Å². The van der Waals surface area contributed by atoms with E-state index in [0.29, 0.717) is 18.2 Å². The molecular weight excluding hydrogens is 214 g/mol. The molecule has 0 amide bonds. The first kappa shape index (κ1) is 14.9. The Morgan fingerprint density at radius 1 is 1.12 bits per heavy atom. The molecule has 1 saturated heterocycles. The van der Waals surface area contributed by atoms with Crippen LogP contribution in [0.3, 0.4) is 0 Å². The lowest BCUT2D eigenvalue weighted by atomic mass is 9.95. The average Bonchev–Trinajstić information content (AvgIpc) is 2.35. The molecule has 3 unspecified atom stereocenters. The van der Waals surface area contributed by atoms with Crippen LogP contribution in [0.2, 0.25) is 0 Å². The third-order valence-electron chi connectivity index (χ3n) is 3.47. The fraction of sp³-hybridized carbons (Fsp3) is 1.00. The van der Waals surface area contributed by atoms with Crippen LogP contribution in [-0.4, -0.2) is 38.0 Å². The lowest BCUT2D eigenvalue weighted by molar-refractivity contribution is -0.0294. The molecule has 1 N–H and O–H groups in total. The van der Waals surface area contributed by atoms with Gasteiger partial charge in [0.05, 0.1) is 19.3 Å². The topological polar surface area (TPSA) is 30.5 Å². The van der Waals surface area contributed by atoms with Gasteiger partial charge in [0.1, 0.15) is 0 Å². The molecule has 0 radical (unpaired) electrons. The molecule has 0 saturated carbocycles. The van der Waals surface area contributed by atoms with Crippen molar-refractivity contribution in [3.05, 3.63) is 0 Å². The summed E-state index contributed by atoms with van der Waals surface area (Å²) in [7, 11) is 0. The molecule has 0 aliphatic carbocycles. The zero-order valence-corrected chi connectivity index (χ0v) is 11.7. The molecule has 1 heterocycles. The fourth-order valence-electron chi connectivity index (χ4n) is 2.36. The maximum absolute atomic E-state index is 5.93. The van der Waals surface area contributed by atoms with Gasteiger partial charge in [-0.05, 0) is 32.6 Å². The van der Waals surface area contributed by atoms with Crippen molar-refractivity contribution < 1.29 is 9.47 Å². The molecule has 1 aliphatic rings. The Balaban J connectivity index is 2.08. The standard InChI is InChI=1S/C14H29NO2/c1-4-6-9-16-10-11-17-14-8-7-12(3)15-13(14)5-2/h12-15H,4-11H2,1-3H3. The Labute approximate surface area is 106 Å². The van der Waals surface area contributed by atoms with E-state index in [1.54, 1.807) is 0 Å². The minimum Gasteiger partial charge on any atom is -0.379 e. The van der Waals surface area contributed by atoms with E-state index in [4.69, 9.17) is 9.47 Å². The van der Waals surface area contributed by atoms with Gasteiger partial charge in [-0.3, -0.25) is 0 Å². The van der Waals surface area contributed by atoms with Gasteiger partial charge >= 0.3 is 0 Å². The van der Waals surface area contributed by atoms with Gasteiger partial charge in [0.2, 0.25) is 0 Å². The van der Waals surface area contributed by atoms with Crippen LogP contribution >= 0.6 is 0 Å². The first-order valence-electron chi connectivity index (χ1n) is 7.23. The Morgan fingerprint density at radius 3 is 2.65 bits per heavy atom. The molecule has 0 aromatic heterocycles. The molecule has 1 aliphatic heterocycles. The van der Waals surface area contributed by atoms with Crippen LogP contribution in [0.25, 0.3) is 0 Å². The number of nitrogens with one attached hydrogen (secondary N) is 1. The predicted molar refractivity (Wildman–Crippen MR) is 71.4 cm³/mol. The van der Waals surface area contributed by atoms with Gasteiger partial charge in [-0.1, -0.05) is 20.3 Å². The molecule has 0 aromatic rings. The molecule has 0 aromatic carbocycles. The summed E-state index contributed by atoms with van der Waals surface area (Å²) in [4.78, 5) is 0. The van der Waals surface area contributed by atoms with E-state index >= 15 is 0 Å². The highest BCUT2D eigenvalue weighted by atomic mass is 16.5. The molecule has 0 bridgehead atoms. The summed E-state index contributed by atoms with van der Waals surface area (Å²) < 4.78 is 11.4. The van der Waals surface area contributed by atoms with Gasteiger partial charge in [-0.2, -0.15) is 0 Å². The van der Waals surface area contributed by atoms with Crippen LogP contribution < -0.4 is 5.32 Å². The van der Waals surface area contributed by atoms with Crippen molar-refractivity contribution in [3.63, 3.8) is 0 Å². The molecule has 102 valence electrons. The third-order valence-corrected chi connectivity index (χ3v) is 3.47. The molecule has 3 nitrogen and oxygen atoms in total. The van der Waals surface area contributed by atoms with Crippen molar-refractivity contribution in [2.45, 2.75) is 71.1 Å². The van der Waals surface area contributed by atoms with Crippen LogP contribution in [0.15, 0.2) is 0 Å². The van der Waals surface area contributed by atoms with Crippen molar-refractivity contribution in [2.24, 2.45) is 0 Å². The number of rotatable bonds is 8. The first-order valence-corrected chi connectivity index (χ1v) is 7.23. The summed E-state index contributed by atoms with van der Waals surface area (Å²) in [5, 5.41) is 3.61. The summed E-state index contributed by atoms with van der Waals surface area (Å²) in [6.45, 7) is 9.01. The summed E-state index contributed by atoms with van der Waals surface area (Å²) in [6, 6.07) is 1.16. The maximum atomic E-state index is 5.93. The van der Waals surface area contributed by atoms with Crippen LogP contribution in [0, 0.1) is 0 Å². The zero-order chi connectivity index (χ0) is 12.5. The second-order valence-electron chi connectivity index (χ2n) is 5.03. The molecule has 1 fully saturated rings. The SMILES string of the molecule is CCCCOCCOC1CCC(C)NC1CC. The van der Waals surface area contributed by atoms with E-state index in [9.17, 15) is 0 Å². The van der Waals surface area contributed by atoms with Crippen molar-refractivity contribution >= 4 is 0 Å². The van der Waals surface area contributed by atoms with Crippen LogP contribution in [-0.2, 0) is 9.47 Å². The minimum absolute atomic E-state index is 0.381. The fourth-order valence-corrected chi connectivity index (χ4v) is 2.36. The van der Waals surface area contributed by atoms with Gasteiger partial charge in [0.25, 0.3) is 0 Å². The predicted octanol–water partition coefficient (Wildman–Crippen LogP) is 2.74. The summed E-state index contributed by atoms with van der Waals surface area (Å²) in [6.07, 6.45) is 6.28. The quantitative estimate of drug-likeness (QED) is 0.665. The Morgan fingerprint density at radius 2 is 1.94 bits per heavy atom. The van der Waals surface area contributed by atoms with Gasteiger partial charge in [-0.25, -0.2) is 0 Å². The summed E-state index contributed by atoms with van der Waals surface area (Å²) >= 11 is 0. The number of piperidine rings is 1. The molecule has 0 spiro atoms. The maximum Gasteiger partial charge on any atom is 0.0729 e. The second-order valence-corrected chi connectivity index (χ2v) is 5.03. The highest BCUT2D eigenvalue weighted by molar-refractivity contribution is 4.84. The lowest BCUT2D eigenvalue weighted by Gasteiger charge is -2.35. The first-order chi connectivity index (χ1) is 8.27. The van der Waals surface area contributed by atoms with E-state index in [2.05, 4.69) is 26.1 Å². The number of hydrogen-bond acceptors (Lipinski definition) is 3. The molecule has 1 rings (SSSR count). The van der Waals surface area contributed by atoms with Crippen molar-refractivity contribution in [3.8, 4) is 0 Å². The molecule has 3 atom stereocenters. The van der Waals surface area contributed by atoms with Gasteiger partial charge < -0.3 is 14.8 Å². The smallest absolute Gasteiger partial charge is 0.0729 e. The summed E-state index contributed by atoms with van der Waals surface area (Å²) in [5.74, 6) is 0. The largest absolute Gasteiger partial charge is 0.379 e. The number of hydrogen-bond donors (Lipinski definition) is 1. The van der Waals surface area contributed by atoms with E-state index in [1.807, 2.05) is 0 Å². The van der Waals surface area contributed by atoms with Gasteiger partial charge in [0, 0.05) is 18.7 Å². The Kier molecular flexibility index (Phi) is 7.82. The Hall–Kier alpha value is -0.120. The number of ether oxygens (including phenoxy) is 2. The Bertz CT molecular complexity index is 187. The highest BCUT2D eigenvalue weighted by Crippen LogP contribution is 2.18. The van der Waals surface area contributed by atoms with Gasteiger partial charge in [-0.15, -0.1) is 0 Å². The lowest BCUT2D eigenvalue weighted by Crippen LogP contribution is -2.50. The van der Waals surface area contributed by atoms with E-state index < -0.39 is 0 Å². The zero-order valence-electron chi connectivity index (χ0n) is 11.7. The van der Waals surface area contributed by atoms with Crippen molar-refractivity contribution in [2.75, 3.05) is 19.8 Å². The van der Waals surface area contributed by atoms with Crippen LogP contribution in [0.4, 0.5) is 0 Å². The van der Waals surface area contributed by atoms with Gasteiger partial charge in [0.15, 0.2) is 0 Å². The third kappa shape index (κ3) is 5.84. The minimum atomic E-state index is 0.381. The van der Waals surface area contributed by atoms with E-state index in [0.717, 1.165) is 32.7 Å². The molecule has 17 heavy (non-hydrogen) atoms. The molecular formula is C14H29NO2. The van der Waals surface area contributed by atoms with Crippen molar-refractivity contribution in [1.29, 1.82) is 0 Å². The highest BCUT2D eigenvalue weighted by Gasteiger charge is 2.26. The van der Waals surface area contributed by atoms with Crippen LogP contribution in [0.5, 0.6) is 0 Å². The monoisotopic (exact) mass is 243 g/mol. The normalized spacial score (nSPS) is 29.5. The molecule has 3 heteroatoms. The van der Waals surface area contributed by atoms with Crippen molar-refractivity contribution in [1.82, 2.24) is 5.32 Å². The summed E-state index contributed by atoms with van der Waals surface area (Å²) in [5.41, 5.74) is 0. The van der Waals surface area contributed by atoms with Crippen LogP contribution in [0.1, 0.15) is 52.9 Å². The van der Waals surface area contributed by atoms with E-state index in [1.165, 1.54) is 19.3 Å². The average molecular weight is 243 g/mol. The second kappa shape index (κ2) is 8.90. The number of unbranched alkanes of at least 4 members (excludes halogenated alkanes) is 1.